The summed E-state index contributed by atoms with van der Waals surface area (Å²) < 4.78 is 11.0. The van der Waals surface area contributed by atoms with Crippen LogP contribution in [0.3, 0.4) is 0 Å². The van der Waals surface area contributed by atoms with Gasteiger partial charge in [0.25, 0.3) is 0 Å². The predicted molar refractivity (Wildman–Crippen MR) is 91.4 cm³/mol. The average molecular weight is 319 g/mol. The molecule has 1 unspecified atom stereocenters. The Labute approximate surface area is 139 Å². The van der Waals surface area contributed by atoms with Crippen molar-refractivity contribution in [1.82, 2.24) is 4.90 Å². The quantitative estimate of drug-likeness (QED) is 0.796. The summed E-state index contributed by atoms with van der Waals surface area (Å²) >= 11 is 0. The summed E-state index contributed by atoms with van der Waals surface area (Å²) in [7, 11) is 1.71. The Bertz CT molecular complexity index is 558. The second kappa shape index (κ2) is 6.91. The summed E-state index contributed by atoms with van der Waals surface area (Å²) in [4.78, 5) is 14.4. The van der Waals surface area contributed by atoms with Gasteiger partial charge < -0.3 is 14.4 Å². The second-order valence-electron chi connectivity index (χ2n) is 7.40. The number of amides is 1. The molecule has 0 aromatic heterocycles. The SMILES string of the molecule is COC(C)c1ccc(C)c(CN(C(=O)OC(C)(C)C)C2CC2)c1. The first-order chi connectivity index (χ1) is 10.7. The van der Waals surface area contributed by atoms with Crippen LogP contribution in [0.5, 0.6) is 0 Å². The van der Waals surface area contributed by atoms with E-state index in [0.717, 1.165) is 24.0 Å². The normalized spacial score (nSPS) is 16.1. The van der Waals surface area contributed by atoms with Crippen LogP contribution in [0.25, 0.3) is 0 Å². The maximum atomic E-state index is 12.5. The number of nitrogens with zero attached hydrogens (tertiary/aromatic N) is 1. The Kier molecular flexibility index (Phi) is 5.35. The summed E-state index contributed by atoms with van der Waals surface area (Å²) in [6.07, 6.45) is 1.95. The molecule has 128 valence electrons. The molecule has 0 bridgehead atoms. The lowest BCUT2D eigenvalue weighted by atomic mass is 10.0. The Hall–Kier alpha value is -1.55. The lowest BCUT2D eigenvalue weighted by Crippen LogP contribution is -2.38. The minimum absolute atomic E-state index is 0.0465. The number of hydrogen-bond donors (Lipinski definition) is 0. The zero-order valence-electron chi connectivity index (χ0n) is 15.2. The molecule has 1 aromatic rings. The van der Waals surface area contributed by atoms with Gasteiger partial charge in [0.15, 0.2) is 0 Å². The van der Waals surface area contributed by atoms with E-state index in [9.17, 15) is 4.79 Å². The zero-order valence-corrected chi connectivity index (χ0v) is 15.2. The largest absolute Gasteiger partial charge is 0.444 e. The van der Waals surface area contributed by atoms with E-state index >= 15 is 0 Å². The van der Waals surface area contributed by atoms with Gasteiger partial charge in [-0.05, 0) is 64.2 Å². The van der Waals surface area contributed by atoms with Crippen LogP contribution in [0, 0.1) is 6.92 Å². The molecule has 23 heavy (non-hydrogen) atoms. The molecule has 1 fully saturated rings. The van der Waals surface area contributed by atoms with Gasteiger partial charge in [0.05, 0.1) is 6.10 Å². The van der Waals surface area contributed by atoms with Crippen LogP contribution < -0.4 is 0 Å². The third-order valence-electron chi connectivity index (χ3n) is 4.15. The van der Waals surface area contributed by atoms with Crippen LogP contribution in [0.2, 0.25) is 0 Å². The van der Waals surface area contributed by atoms with E-state index in [1.165, 1.54) is 5.56 Å². The molecule has 2 rings (SSSR count). The summed E-state index contributed by atoms with van der Waals surface area (Å²) in [5.41, 5.74) is 3.01. The molecule has 0 heterocycles. The number of carbonyl (C=O) groups excluding carboxylic acids is 1. The lowest BCUT2D eigenvalue weighted by Gasteiger charge is -2.28. The van der Waals surface area contributed by atoms with Crippen molar-refractivity contribution in [2.45, 2.75) is 71.8 Å². The smallest absolute Gasteiger partial charge is 0.410 e. The molecule has 1 amide bonds. The van der Waals surface area contributed by atoms with E-state index in [2.05, 4.69) is 25.1 Å². The van der Waals surface area contributed by atoms with Gasteiger partial charge in [-0.15, -0.1) is 0 Å². The lowest BCUT2D eigenvalue weighted by molar-refractivity contribution is 0.0216. The average Bonchev–Trinajstić information content (AvgIpc) is 3.28. The molecule has 4 heteroatoms. The van der Waals surface area contributed by atoms with Crippen LogP contribution in [0.1, 0.15) is 63.3 Å². The molecule has 1 aliphatic carbocycles. The van der Waals surface area contributed by atoms with Crippen molar-refractivity contribution in [3.63, 3.8) is 0 Å². The molecule has 0 spiro atoms. The van der Waals surface area contributed by atoms with Crippen LogP contribution >= 0.6 is 0 Å². The second-order valence-corrected chi connectivity index (χ2v) is 7.40. The first kappa shape index (κ1) is 17.8. The molecule has 1 saturated carbocycles. The van der Waals surface area contributed by atoms with Crippen molar-refractivity contribution in [2.24, 2.45) is 0 Å². The Morgan fingerprint density at radius 2 is 2.00 bits per heavy atom. The molecule has 1 aromatic carbocycles. The fourth-order valence-corrected chi connectivity index (χ4v) is 2.48. The Morgan fingerprint density at radius 1 is 1.35 bits per heavy atom. The van der Waals surface area contributed by atoms with E-state index in [4.69, 9.17) is 9.47 Å². The van der Waals surface area contributed by atoms with Crippen molar-refractivity contribution in [3.8, 4) is 0 Å². The molecular formula is C19H29NO3. The van der Waals surface area contributed by atoms with E-state index in [-0.39, 0.29) is 12.2 Å². The zero-order chi connectivity index (χ0) is 17.2. The van der Waals surface area contributed by atoms with Crippen molar-refractivity contribution >= 4 is 6.09 Å². The van der Waals surface area contributed by atoms with Gasteiger partial charge in [-0.25, -0.2) is 4.79 Å². The van der Waals surface area contributed by atoms with Gasteiger partial charge in [-0.2, -0.15) is 0 Å². The number of carbonyl (C=O) groups is 1. The highest BCUT2D eigenvalue weighted by Gasteiger charge is 2.35. The van der Waals surface area contributed by atoms with Gasteiger partial charge in [0.2, 0.25) is 0 Å². The monoisotopic (exact) mass is 319 g/mol. The highest BCUT2D eigenvalue weighted by molar-refractivity contribution is 5.69. The van der Waals surface area contributed by atoms with E-state index in [1.54, 1.807) is 7.11 Å². The number of rotatable bonds is 5. The van der Waals surface area contributed by atoms with Gasteiger partial charge >= 0.3 is 6.09 Å². The van der Waals surface area contributed by atoms with Gasteiger partial charge in [0, 0.05) is 19.7 Å². The molecule has 0 aliphatic heterocycles. The van der Waals surface area contributed by atoms with Crippen molar-refractivity contribution in [1.29, 1.82) is 0 Å². The first-order valence-electron chi connectivity index (χ1n) is 8.33. The van der Waals surface area contributed by atoms with Crippen LogP contribution in [-0.2, 0) is 16.0 Å². The van der Waals surface area contributed by atoms with Gasteiger partial charge in [0.1, 0.15) is 5.60 Å². The van der Waals surface area contributed by atoms with Crippen LogP contribution in [0.4, 0.5) is 4.79 Å². The molecule has 0 saturated heterocycles. The highest BCUT2D eigenvalue weighted by atomic mass is 16.6. The van der Waals surface area contributed by atoms with E-state index in [1.807, 2.05) is 32.6 Å². The Morgan fingerprint density at radius 3 is 2.52 bits per heavy atom. The molecule has 1 aliphatic rings. The molecule has 0 radical (unpaired) electrons. The number of ether oxygens (including phenoxy) is 2. The Balaban J connectivity index is 2.18. The summed E-state index contributed by atoms with van der Waals surface area (Å²) in [6, 6.07) is 6.64. The third kappa shape index (κ3) is 4.96. The predicted octanol–water partition coefficient (Wildman–Crippen LogP) is 4.60. The van der Waals surface area contributed by atoms with Crippen LogP contribution in [0.15, 0.2) is 18.2 Å². The first-order valence-corrected chi connectivity index (χ1v) is 8.33. The number of hydrogen-bond acceptors (Lipinski definition) is 3. The topological polar surface area (TPSA) is 38.8 Å². The van der Waals surface area contributed by atoms with Crippen molar-refractivity contribution in [2.75, 3.05) is 7.11 Å². The minimum atomic E-state index is -0.467. The van der Waals surface area contributed by atoms with Crippen molar-refractivity contribution in [3.05, 3.63) is 34.9 Å². The maximum Gasteiger partial charge on any atom is 0.410 e. The van der Waals surface area contributed by atoms with Crippen molar-refractivity contribution < 1.29 is 14.3 Å². The number of aryl methyl sites for hydroxylation is 1. The molecule has 4 nitrogen and oxygen atoms in total. The number of benzene rings is 1. The maximum absolute atomic E-state index is 12.5. The summed E-state index contributed by atoms with van der Waals surface area (Å²) in [6.45, 7) is 10.4. The van der Waals surface area contributed by atoms with E-state index < -0.39 is 5.60 Å². The molecular weight excluding hydrogens is 290 g/mol. The van der Waals surface area contributed by atoms with E-state index in [0.29, 0.717) is 12.6 Å². The van der Waals surface area contributed by atoms with Crippen LogP contribution in [-0.4, -0.2) is 29.7 Å². The fraction of sp³-hybridized carbons (Fsp3) is 0.632. The van der Waals surface area contributed by atoms with Gasteiger partial charge in [-0.1, -0.05) is 18.2 Å². The van der Waals surface area contributed by atoms with Gasteiger partial charge in [-0.3, -0.25) is 0 Å². The molecule has 1 atom stereocenters. The minimum Gasteiger partial charge on any atom is -0.444 e. The highest BCUT2D eigenvalue weighted by Crippen LogP contribution is 2.31. The number of methoxy groups -OCH3 is 1. The fourth-order valence-electron chi connectivity index (χ4n) is 2.48. The summed E-state index contributed by atoms with van der Waals surface area (Å²) in [5, 5.41) is 0. The molecule has 0 N–H and O–H groups in total. The standard InChI is InChI=1S/C19H29NO3/c1-13-7-8-15(14(2)22-6)11-16(13)12-20(17-9-10-17)18(21)23-19(3,4)5/h7-8,11,14,17H,9-10,12H2,1-6H3. The summed E-state index contributed by atoms with van der Waals surface area (Å²) in [5.74, 6) is 0. The third-order valence-corrected chi connectivity index (χ3v) is 4.15.